The highest BCUT2D eigenvalue weighted by molar-refractivity contribution is 5.92. The number of benzene rings is 3. The fourth-order valence-corrected chi connectivity index (χ4v) is 4.43. The zero-order chi connectivity index (χ0) is 28.2. The van der Waals surface area contributed by atoms with Crippen LogP contribution in [0.15, 0.2) is 101 Å². The van der Waals surface area contributed by atoms with E-state index in [1.54, 1.807) is 7.11 Å². The quantitative estimate of drug-likeness (QED) is 0.231. The van der Waals surface area contributed by atoms with Gasteiger partial charge in [0.15, 0.2) is 12.2 Å². The molecule has 0 amide bonds. The van der Waals surface area contributed by atoms with Crippen molar-refractivity contribution in [3.63, 3.8) is 0 Å². The summed E-state index contributed by atoms with van der Waals surface area (Å²) in [5.74, 6) is -0.250. The van der Waals surface area contributed by atoms with Gasteiger partial charge >= 0.3 is 0 Å². The van der Waals surface area contributed by atoms with Crippen LogP contribution in [0, 0.1) is 0 Å². The summed E-state index contributed by atoms with van der Waals surface area (Å²) in [6.07, 6.45) is -3.13. The summed E-state index contributed by atoms with van der Waals surface area (Å²) in [5, 5.41) is 0. The molecule has 5 atom stereocenters. The van der Waals surface area contributed by atoms with Crippen LogP contribution in [0.2, 0.25) is 0 Å². The van der Waals surface area contributed by atoms with Crippen molar-refractivity contribution in [2.24, 2.45) is 27.2 Å². The fraction of sp³-hybridized carbons (Fsp3) is 0.333. The van der Waals surface area contributed by atoms with E-state index >= 15 is 0 Å². The molecule has 0 bridgehead atoms. The highest BCUT2D eigenvalue weighted by Gasteiger charge is 2.48. The third-order valence-corrected chi connectivity index (χ3v) is 6.36. The van der Waals surface area contributed by atoms with E-state index in [1.165, 1.54) is 0 Å². The van der Waals surface area contributed by atoms with Crippen molar-refractivity contribution in [1.29, 1.82) is 0 Å². The Labute approximate surface area is 234 Å². The molecule has 3 unspecified atom stereocenters. The van der Waals surface area contributed by atoms with Crippen molar-refractivity contribution >= 4 is 11.9 Å². The first-order valence-electron chi connectivity index (χ1n) is 13.1. The Kier molecular flexibility index (Phi) is 11.0. The molecule has 0 radical (unpaired) electrons. The molecule has 0 aromatic heterocycles. The van der Waals surface area contributed by atoms with Crippen LogP contribution in [0.25, 0.3) is 0 Å². The highest BCUT2D eigenvalue weighted by Crippen LogP contribution is 2.31. The standard InChI is InChI=1S/C30H37N5O5/c1-36-28-27(39-20-23-15-9-4-10-16-23)26(38-19-22-13-7-3-8-14-22)25(37-18-21-11-5-2-6-12-21)24(40-28)17-34-30(33)35-29(31)32/h2-16,24-28H,17-20H2,1H3,(H6,31,32,33,34,35)/t24?,25-,26?,27-,28?/m1/s1. The molecule has 1 aliphatic heterocycles. The minimum absolute atomic E-state index is 0.0661. The number of hydrogen-bond donors (Lipinski definition) is 3. The topological polar surface area (TPSA) is 149 Å². The summed E-state index contributed by atoms with van der Waals surface area (Å²) in [5.41, 5.74) is 19.8. The van der Waals surface area contributed by atoms with Crippen molar-refractivity contribution in [2.75, 3.05) is 13.7 Å². The molecule has 0 saturated carbocycles. The molecule has 10 heteroatoms. The molecule has 1 aliphatic rings. The van der Waals surface area contributed by atoms with Gasteiger partial charge < -0.3 is 40.9 Å². The summed E-state index contributed by atoms with van der Waals surface area (Å²) in [6.45, 7) is 1.11. The van der Waals surface area contributed by atoms with Gasteiger partial charge in [0.1, 0.15) is 24.4 Å². The fourth-order valence-electron chi connectivity index (χ4n) is 4.43. The summed E-state index contributed by atoms with van der Waals surface area (Å²) in [7, 11) is 1.57. The molecular formula is C30H37N5O5. The third kappa shape index (κ3) is 8.60. The van der Waals surface area contributed by atoms with Crippen molar-refractivity contribution in [1.82, 2.24) is 0 Å². The summed E-state index contributed by atoms with van der Waals surface area (Å²) in [6, 6.07) is 29.7. The lowest BCUT2D eigenvalue weighted by Crippen LogP contribution is -2.61. The Hall–Kier alpha value is -3.80. The predicted molar refractivity (Wildman–Crippen MR) is 153 cm³/mol. The Bertz CT molecular complexity index is 1210. The van der Waals surface area contributed by atoms with E-state index in [-0.39, 0.29) is 18.5 Å². The first kappa shape index (κ1) is 29.2. The normalized spacial score (nSPS) is 23.0. The second kappa shape index (κ2) is 15.1. The van der Waals surface area contributed by atoms with Gasteiger partial charge in [-0.3, -0.25) is 0 Å². The maximum absolute atomic E-state index is 6.55. The molecule has 0 spiro atoms. The van der Waals surface area contributed by atoms with Crippen LogP contribution in [0.1, 0.15) is 16.7 Å². The van der Waals surface area contributed by atoms with Crippen LogP contribution in [-0.4, -0.2) is 56.3 Å². The molecule has 40 heavy (non-hydrogen) atoms. The Morgan fingerprint density at radius 1 is 0.675 bits per heavy atom. The van der Waals surface area contributed by atoms with Gasteiger partial charge in [-0.2, -0.15) is 4.99 Å². The molecule has 212 valence electrons. The number of methoxy groups -OCH3 is 1. The largest absolute Gasteiger partial charge is 0.370 e. The van der Waals surface area contributed by atoms with Crippen LogP contribution in [0.4, 0.5) is 0 Å². The van der Waals surface area contributed by atoms with E-state index in [9.17, 15) is 0 Å². The lowest BCUT2D eigenvalue weighted by atomic mass is 9.97. The SMILES string of the molecule is COC1OC(CN=C(N)N=C(N)N)[C@@H](OCc2ccccc2)C(OCc2ccccc2)[C@H]1OCc1ccccc1. The molecule has 4 rings (SSSR count). The highest BCUT2D eigenvalue weighted by atomic mass is 16.7. The van der Waals surface area contributed by atoms with Crippen LogP contribution in [0.5, 0.6) is 0 Å². The van der Waals surface area contributed by atoms with Gasteiger partial charge in [0.25, 0.3) is 0 Å². The zero-order valence-corrected chi connectivity index (χ0v) is 22.5. The monoisotopic (exact) mass is 547 g/mol. The summed E-state index contributed by atoms with van der Waals surface area (Å²) >= 11 is 0. The van der Waals surface area contributed by atoms with Gasteiger partial charge in [-0.25, -0.2) is 4.99 Å². The second-order valence-corrected chi connectivity index (χ2v) is 9.30. The first-order chi connectivity index (χ1) is 19.5. The van der Waals surface area contributed by atoms with Crippen LogP contribution in [0.3, 0.4) is 0 Å². The van der Waals surface area contributed by atoms with Gasteiger partial charge in [-0.05, 0) is 16.7 Å². The molecule has 1 fully saturated rings. The molecule has 1 saturated heterocycles. The number of hydrogen-bond acceptors (Lipinski definition) is 6. The lowest BCUT2D eigenvalue weighted by Gasteiger charge is -2.45. The van der Waals surface area contributed by atoms with Gasteiger partial charge in [0.2, 0.25) is 5.96 Å². The van der Waals surface area contributed by atoms with Crippen molar-refractivity contribution in [3.8, 4) is 0 Å². The molecule has 1 heterocycles. The van der Waals surface area contributed by atoms with E-state index in [1.807, 2.05) is 91.0 Å². The molecule has 3 aromatic carbocycles. The Morgan fingerprint density at radius 2 is 1.12 bits per heavy atom. The number of rotatable bonds is 12. The van der Waals surface area contributed by atoms with E-state index in [2.05, 4.69) is 9.98 Å². The molecule has 10 nitrogen and oxygen atoms in total. The summed E-state index contributed by atoms with van der Waals surface area (Å²) in [4.78, 5) is 8.13. The number of nitrogens with zero attached hydrogens (tertiary/aromatic N) is 2. The Balaban J connectivity index is 1.63. The smallest absolute Gasteiger partial charge is 0.218 e. The minimum Gasteiger partial charge on any atom is -0.370 e. The maximum atomic E-state index is 6.55. The van der Waals surface area contributed by atoms with Crippen molar-refractivity contribution in [3.05, 3.63) is 108 Å². The van der Waals surface area contributed by atoms with E-state index < -0.39 is 30.7 Å². The van der Waals surface area contributed by atoms with E-state index in [0.29, 0.717) is 19.8 Å². The molecule has 6 N–H and O–H groups in total. The third-order valence-electron chi connectivity index (χ3n) is 6.36. The average molecular weight is 548 g/mol. The number of guanidine groups is 2. The van der Waals surface area contributed by atoms with Crippen LogP contribution < -0.4 is 17.2 Å². The molecule has 3 aromatic rings. The summed E-state index contributed by atoms with van der Waals surface area (Å²) < 4.78 is 31.6. The molecular weight excluding hydrogens is 510 g/mol. The lowest BCUT2D eigenvalue weighted by molar-refractivity contribution is -0.315. The number of ether oxygens (including phenoxy) is 5. The van der Waals surface area contributed by atoms with Gasteiger partial charge in [0.05, 0.1) is 26.4 Å². The van der Waals surface area contributed by atoms with E-state index in [4.69, 9.17) is 40.9 Å². The van der Waals surface area contributed by atoms with Crippen molar-refractivity contribution in [2.45, 2.75) is 50.5 Å². The zero-order valence-electron chi connectivity index (χ0n) is 22.5. The maximum Gasteiger partial charge on any atom is 0.218 e. The average Bonchev–Trinajstić information content (AvgIpc) is 2.98. The second-order valence-electron chi connectivity index (χ2n) is 9.30. The van der Waals surface area contributed by atoms with Gasteiger partial charge in [-0.1, -0.05) is 91.0 Å². The van der Waals surface area contributed by atoms with Crippen molar-refractivity contribution < 1.29 is 23.7 Å². The van der Waals surface area contributed by atoms with E-state index in [0.717, 1.165) is 16.7 Å². The number of aliphatic imine (C=N–C) groups is 2. The number of nitrogens with two attached hydrogens (primary N) is 3. The van der Waals surface area contributed by atoms with Gasteiger partial charge in [-0.15, -0.1) is 0 Å². The predicted octanol–water partition coefficient (Wildman–Crippen LogP) is 2.70. The van der Waals surface area contributed by atoms with Crippen LogP contribution in [-0.2, 0) is 43.5 Å². The van der Waals surface area contributed by atoms with Gasteiger partial charge in [0, 0.05) is 7.11 Å². The molecule has 0 aliphatic carbocycles. The first-order valence-corrected chi connectivity index (χ1v) is 13.1. The minimum atomic E-state index is -0.759. The Morgan fingerprint density at radius 3 is 1.57 bits per heavy atom. The van der Waals surface area contributed by atoms with Crippen LogP contribution >= 0.6 is 0 Å².